The van der Waals surface area contributed by atoms with Crippen molar-refractivity contribution >= 4 is 17.3 Å². The highest BCUT2D eigenvalue weighted by Crippen LogP contribution is 2.19. The SMILES string of the molecule is OCC(O)CNc1ccccc1Cl. The predicted molar refractivity (Wildman–Crippen MR) is 53.0 cm³/mol. The molecule has 0 aromatic heterocycles. The van der Waals surface area contributed by atoms with Gasteiger partial charge in [-0.05, 0) is 12.1 Å². The number of halogens is 1. The average molecular weight is 202 g/mol. The first-order valence-electron chi connectivity index (χ1n) is 4.01. The van der Waals surface area contributed by atoms with Gasteiger partial charge in [-0.3, -0.25) is 0 Å². The molecule has 1 atom stereocenters. The largest absolute Gasteiger partial charge is 0.394 e. The molecule has 0 radical (unpaired) electrons. The van der Waals surface area contributed by atoms with E-state index >= 15 is 0 Å². The highest BCUT2D eigenvalue weighted by atomic mass is 35.5. The maximum absolute atomic E-state index is 9.05. The number of aliphatic hydroxyl groups is 2. The first kappa shape index (κ1) is 10.3. The summed E-state index contributed by atoms with van der Waals surface area (Å²) in [5.74, 6) is 0. The summed E-state index contributed by atoms with van der Waals surface area (Å²) < 4.78 is 0. The summed E-state index contributed by atoms with van der Waals surface area (Å²) in [4.78, 5) is 0. The number of hydrogen-bond acceptors (Lipinski definition) is 3. The molecule has 1 aromatic carbocycles. The van der Waals surface area contributed by atoms with Gasteiger partial charge in [0.15, 0.2) is 0 Å². The monoisotopic (exact) mass is 201 g/mol. The van der Waals surface area contributed by atoms with Gasteiger partial charge in [0.1, 0.15) is 0 Å². The number of rotatable bonds is 4. The van der Waals surface area contributed by atoms with Crippen LogP contribution in [0.1, 0.15) is 0 Å². The van der Waals surface area contributed by atoms with Crippen molar-refractivity contribution in [3.8, 4) is 0 Å². The van der Waals surface area contributed by atoms with Gasteiger partial charge in [-0.2, -0.15) is 0 Å². The molecule has 0 saturated carbocycles. The molecule has 0 spiro atoms. The zero-order valence-corrected chi connectivity index (χ0v) is 7.83. The Morgan fingerprint density at radius 1 is 1.38 bits per heavy atom. The second-order valence-corrected chi connectivity index (χ2v) is 3.10. The minimum atomic E-state index is -0.753. The van der Waals surface area contributed by atoms with Crippen LogP contribution in [0.5, 0.6) is 0 Å². The van der Waals surface area contributed by atoms with Crippen molar-refractivity contribution in [2.45, 2.75) is 6.10 Å². The fourth-order valence-electron chi connectivity index (χ4n) is 0.897. The molecule has 1 rings (SSSR count). The van der Waals surface area contributed by atoms with Crippen LogP contribution in [0.15, 0.2) is 24.3 Å². The van der Waals surface area contributed by atoms with Gasteiger partial charge in [0, 0.05) is 6.54 Å². The second kappa shape index (κ2) is 5.07. The van der Waals surface area contributed by atoms with Crippen molar-refractivity contribution in [1.82, 2.24) is 0 Å². The van der Waals surface area contributed by atoms with E-state index in [0.717, 1.165) is 5.69 Å². The number of aliphatic hydroxyl groups excluding tert-OH is 2. The van der Waals surface area contributed by atoms with Gasteiger partial charge in [0.25, 0.3) is 0 Å². The standard InChI is InChI=1S/C9H12ClNO2/c10-8-3-1-2-4-9(8)11-5-7(13)6-12/h1-4,7,11-13H,5-6H2. The van der Waals surface area contributed by atoms with Crippen LogP contribution in [-0.4, -0.2) is 29.5 Å². The van der Waals surface area contributed by atoms with E-state index in [4.69, 9.17) is 21.8 Å². The van der Waals surface area contributed by atoms with Crippen molar-refractivity contribution in [3.05, 3.63) is 29.3 Å². The molecule has 3 N–H and O–H groups in total. The third-order valence-corrected chi connectivity index (χ3v) is 1.94. The normalized spacial score (nSPS) is 12.5. The summed E-state index contributed by atoms with van der Waals surface area (Å²) in [6.45, 7) is 0.0394. The second-order valence-electron chi connectivity index (χ2n) is 2.70. The third kappa shape index (κ3) is 3.22. The highest BCUT2D eigenvalue weighted by molar-refractivity contribution is 6.33. The Bertz CT molecular complexity index is 268. The van der Waals surface area contributed by atoms with Gasteiger partial charge in [-0.25, -0.2) is 0 Å². The number of benzene rings is 1. The zero-order chi connectivity index (χ0) is 9.68. The van der Waals surface area contributed by atoms with Crippen LogP contribution in [0.3, 0.4) is 0 Å². The molecule has 3 nitrogen and oxygen atoms in total. The van der Waals surface area contributed by atoms with E-state index < -0.39 is 6.10 Å². The van der Waals surface area contributed by atoms with E-state index in [-0.39, 0.29) is 6.61 Å². The lowest BCUT2D eigenvalue weighted by Gasteiger charge is -2.10. The Morgan fingerprint density at radius 3 is 2.69 bits per heavy atom. The Morgan fingerprint density at radius 2 is 2.08 bits per heavy atom. The zero-order valence-electron chi connectivity index (χ0n) is 7.07. The van der Waals surface area contributed by atoms with Gasteiger partial charge in [0.2, 0.25) is 0 Å². The lowest BCUT2D eigenvalue weighted by atomic mass is 10.3. The van der Waals surface area contributed by atoms with Crippen molar-refractivity contribution in [2.75, 3.05) is 18.5 Å². The molecule has 72 valence electrons. The summed E-state index contributed by atoms with van der Waals surface area (Å²) in [6.07, 6.45) is -0.753. The molecule has 13 heavy (non-hydrogen) atoms. The molecule has 0 saturated heterocycles. The van der Waals surface area contributed by atoms with Crippen LogP contribution >= 0.6 is 11.6 Å². The quantitative estimate of drug-likeness (QED) is 0.684. The minimum Gasteiger partial charge on any atom is -0.394 e. The molecular weight excluding hydrogens is 190 g/mol. The number of anilines is 1. The van der Waals surface area contributed by atoms with Crippen LogP contribution < -0.4 is 5.32 Å². The van der Waals surface area contributed by atoms with Gasteiger partial charge in [0.05, 0.1) is 23.4 Å². The van der Waals surface area contributed by atoms with Crippen molar-refractivity contribution < 1.29 is 10.2 Å². The molecule has 1 aromatic rings. The first-order valence-corrected chi connectivity index (χ1v) is 4.39. The minimum absolute atomic E-state index is 0.253. The third-order valence-electron chi connectivity index (χ3n) is 1.61. The topological polar surface area (TPSA) is 52.5 Å². The Labute approximate surface area is 82.0 Å². The molecule has 0 heterocycles. The summed E-state index contributed by atoms with van der Waals surface area (Å²) in [6, 6.07) is 7.25. The lowest BCUT2D eigenvalue weighted by Crippen LogP contribution is -2.22. The van der Waals surface area contributed by atoms with E-state index in [1.54, 1.807) is 6.07 Å². The number of nitrogens with one attached hydrogen (secondary N) is 1. The molecule has 0 aliphatic carbocycles. The van der Waals surface area contributed by atoms with Crippen molar-refractivity contribution in [3.63, 3.8) is 0 Å². The molecular formula is C9H12ClNO2. The Hall–Kier alpha value is -0.770. The summed E-state index contributed by atoms with van der Waals surface area (Å²) in [5.41, 5.74) is 0.761. The first-order chi connectivity index (χ1) is 6.24. The van der Waals surface area contributed by atoms with Gasteiger partial charge in [-0.15, -0.1) is 0 Å². The van der Waals surface area contributed by atoms with Crippen LogP contribution in [0.2, 0.25) is 5.02 Å². The Kier molecular flexibility index (Phi) is 4.02. The van der Waals surface area contributed by atoms with E-state index in [9.17, 15) is 0 Å². The maximum atomic E-state index is 9.05. The highest BCUT2D eigenvalue weighted by Gasteiger charge is 2.02. The van der Waals surface area contributed by atoms with Crippen LogP contribution in [0, 0.1) is 0 Å². The van der Waals surface area contributed by atoms with E-state index in [2.05, 4.69) is 5.32 Å². The molecule has 1 unspecified atom stereocenters. The van der Waals surface area contributed by atoms with E-state index in [1.807, 2.05) is 18.2 Å². The fraction of sp³-hybridized carbons (Fsp3) is 0.333. The predicted octanol–water partition coefficient (Wildman–Crippen LogP) is 1.11. The van der Waals surface area contributed by atoms with E-state index in [1.165, 1.54) is 0 Å². The lowest BCUT2D eigenvalue weighted by molar-refractivity contribution is 0.105. The Balaban J connectivity index is 2.50. The summed E-state index contributed by atoms with van der Waals surface area (Å²) >= 11 is 5.84. The maximum Gasteiger partial charge on any atom is 0.0942 e. The van der Waals surface area contributed by atoms with Gasteiger partial charge < -0.3 is 15.5 Å². The molecule has 0 aliphatic rings. The fourth-order valence-corrected chi connectivity index (χ4v) is 1.10. The smallest absolute Gasteiger partial charge is 0.0942 e. The number of hydrogen-bond donors (Lipinski definition) is 3. The van der Waals surface area contributed by atoms with Crippen LogP contribution in [0.4, 0.5) is 5.69 Å². The molecule has 0 fully saturated rings. The van der Waals surface area contributed by atoms with Crippen molar-refractivity contribution in [2.24, 2.45) is 0 Å². The van der Waals surface area contributed by atoms with Gasteiger partial charge >= 0.3 is 0 Å². The van der Waals surface area contributed by atoms with E-state index in [0.29, 0.717) is 11.6 Å². The average Bonchev–Trinajstić information content (AvgIpc) is 2.16. The summed E-state index contributed by atoms with van der Waals surface area (Å²) in [7, 11) is 0. The van der Waals surface area contributed by atoms with Crippen LogP contribution in [0.25, 0.3) is 0 Å². The molecule has 0 aliphatic heterocycles. The number of para-hydroxylation sites is 1. The van der Waals surface area contributed by atoms with Gasteiger partial charge in [-0.1, -0.05) is 23.7 Å². The molecule has 0 amide bonds. The molecule has 4 heteroatoms. The molecule has 0 bridgehead atoms. The van der Waals surface area contributed by atoms with Crippen LogP contribution in [-0.2, 0) is 0 Å². The van der Waals surface area contributed by atoms with Crippen molar-refractivity contribution in [1.29, 1.82) is 0 Å². The summed E-state index contributed by atoms with van der Waals surface area (Å²) in [5, 5.41) is 21.1.